The summed E-state index contributed by atoms with van der Waals surface area (Å²) in [6.07, 6.45) is 1.54. The van der Waals surface area contributed by atoms with E-state index in [2.05, 4.69) is 5.16 Å². The number of ether oxygens (including phenoxy) is 1. The molecule has 0 saturated carbocycles. The van der Waals surface area contributed by atoms with Crippen LogP contribution >= 0.6 is 0 Å². The van der Waals surface area contributed by atoms with E-state index in [1.807, 2.05) is 30.3 Å². The number of hydrogen-bond acceptors (Lipinski definition) is 6. The number of rotatable bonds is 8. The van der Waals surface area contributed by atoms with Gasteiger partial charge in [0.1, 0.15) is 5.75 Å². The zero-order valence-electron chi connectivity index (χ0n) is 16.3. The van der Waals surface area contributed by atoms with Gasteiger partial charge in [0.25, 0.3) is 0 Å². The van der Waals surface area contributed by atoms with Crippen LogP contribution < -0.4 is 4.74 Å². The van der Waals surface area contributed by atoms with Gasteiger partial charge in [-0.25, -0.2) is 8.42 Å². The normalized spacial score (nSPS) is 11.7. The summed E-state index contributed by atoms with van der Waals surface area (Å²) in [7, 11) is -2.26. The average molecular weight is 424 g/mol. The predicted molar refractivity (Wildman–Crippen MR) is 110 cm³/mol. The zero-order valence-corrected chi connectivity index (χ0v) is 17.1. The van der Waals surface area contributed by atoms with Crippen molar-refractivity contribution in [1.82, 2.24) is 9.46 Å². The monoisotopic (exact) mass is 424 g/mol. The molecule has 0 aliphatic heterocycles. The maximum atomic E-state index is 13.4. The molecule has 0 radical (unpaired) electrons. The fourth-order valence-electron chi connectivity index (χ4n) is 3.01. The second kappa shape index (κ2) is 8.56. The molecule has 4 aromatic rings. The average Bonchev–Trinajstić information content (AvgIpc) is 3.46. The van der Waals surface area contributed by atoms with Crippen LogP contribution in [-0.4, -0.2) is 25.0 Å². The van der Waals surface area contributed by atoms with Crippen molar-refractivity contribution in [3.8, 4) is 17.3 Å². The summed E-state index contributed by atoms with van der Waals surface area (Å²) >= 11 is 0. The molecule has 2 aromatic carbocycles. The fourth-order valence-corrected chi connectivity index (χ4v) is 4.41. The highest BCUT2D eigenvalue weighted by Crippen LogP contribution is 2.25. The van der Waals surface area contributed by atoms with Crippen LogP contribution in [0.4, 0.5) is 0 Å². The van der Waals surface area contributed by atoms with E-state index < -0.39 is 10.0 Å². The molecule has 8 heteroatoms. The van der Waals surface area contributed by atoms with Crippen LogP contribution in [-0.2, 0) is 23.1 Å². The van der Waals surface area contributed by atoms with Crippen molar-refractivity contribution >= 4 is 10.0 Å². The first-order valence-electron chi connectivity index (χ1n) is 9.24. The highest BCUT2D eigenvalue weighted by atomic mass is 32.2. The second-order valence-corrected chi connectivity index (χ2v) is 8.53. The Bertz CT molecular complexity index is 1180. The van der Waals surface area contributed by atoms with E-state index in [-0.39, 0.29) is 18.0 Å². The van der Waals surface area contributed by atoms with Gasteiger partial charge in [-0.2, -0.15) is 4.31 Å². The third-order valence-electron chi connectivity index (χ3n) is 4.56. The van der Waals surface area contributed by atoms with Crippen molar-refractivity contribution < 1.29 is 22.1 Å². The maximum absolute atomic E-state index is 13.4. The van der Waals surface area contributed by atoms with Crippen molar-refractivity contribution in [3.05, 3.63) is 90.3 Å². The number of aromatic nitrogens is 1. The van der Waals surface area contributed by atoms with Gasteiger partial charge in [-0.3, -0.25) is 0 Å². The summed E-state index contributed by atoms with van der Waals surface area (Å²) in [5.41, 5.74) is 1.35. The molecule has 0 bridgehead atoms. The van der Waals surface area contributed by atoms with Crippen molar-refractivity contribution in [2.75, 3.05) is 7.11 Å². The molecule has 154 valence electrons. The van der Waals surface area contributed by atoms with Gasteiger partial charge in [0.15, 0.2) is 5.76 Å². The number of hydrogen-bond donors (Lipinski definition) is 0. The van der Waals surface area contributed by atoms with Gasteiger partial charge in [0.05, 0.1) is 30.5 Å². The second-order valence-electron chi connectivity index (χ2n) is 6.59. The smallest absolute Gasteiger partial charge is 0.243 e. The van der Waals surface area contributed by atoms with Crippen LogP contribution in [0.5, 0.6) is 5.75 Å². The lowest BCUT2D eigenvalue weighted by atomic mass is 10.2. The lowest BCUT2D eigenvalue weighted by Gasteiger charge is -2.21. The molecule has 2 aromatic heterocycles. The van der Waals surface area contributed by atoms with Gasteiger partial charge in [-0.1, -0.05) is 35.5 Å². The van der Waals surface area contributed by atoms with Gasteiger partial charge in [0.2, 0.25) is 15.8 Å². The van der Waals surface area contributed by atoms with Crippen molar-refractivity contribution in [2.45, 2.75) is 18.0 Å². The highest BCUT2D eigenvalue weighted by molar-refractivity contribution is 7.89. The maximum Gasteiger partial charge on any atom is 0.243 e. The molecule has 0 spiro atoms. The van der Waals surface area contributed by atoms with Crippen molar-refractivity contribution in [3.63, 3.8) is 0 Å². The number of nitrogens with zero attached hydrogens (tertiary/aromatic N) is 2. The Kier molecular flexibility index (Phi) is 5.69. The minimum Gasteiger partial charge on any atom is -0.497 e. The Morgan fingerprint density at radius 2 is 1.70 bits per heavy atom. The topological polar surface area (TPSA) is 85.8 Å². The first-order chi connectivity index (χ1) is 14.6. The van der Waals surface area contributed by atoms with Crippen LogP contribution in [0.25, 0.3) is 11.5 Å². The van der Waals surface area contributed by atoms with E-state index in [1.54, 1.807) is 30.3 Å². The molecule has 0 aliphatic rings. The van der Waals surface area contributed by atoms with Gasteiger partial charge in [-0.15, -0.1) is 0 Å². The number of sulfonamides is 1. The van der Waals surface area contributed by atoms with Crippen LogP contribution in [0.2, 0.25) is 0 Å². The fraction of sp³-hybridized carbons (Fsp3) is 0.136. The molecule has 30 heavy (non-hydrogen) atoms. The van der Waals surface area contributed by atoms with Crippen LogP contribution in [0, 0.1) is 0 Å². The SMILES string of the molecule is COc1ccc(S(=O)(=O)N(Cc2ccccc2)Cc2cc(-c3ccco3)on2)cc1. The Morgan fingerprint density at radius 1 is 0.933 bits per heavy atom. The van der Waals surface area contributed by atoms with E-state index in [9.17, 15) is 8.42 Å². The third kappa shape index (κ3) is 4.29. The first-order valence-corrected chi connectivity index (χ1v) is 10.7. The molecule has 0 N–H and O–H groups in total. The van der Waals surface area contributed by atoms with Crippen LogP contribution in [0.15, 0.2) is 92.9 Å². The highest BCUT2D eigenvalue weighted by Gasteiger charge is 2.26. The zero-order chi connectivity index (χ0) is 21.0. The number of methoxy groups -OCH3 is 1. The molecule has 7 nitrogen and oxygen atoms in total. The van der Waals surface area contributed by atoms with Gasteiger partial charge < -0.3 is 13.7 Å². The number of benzene rings is 2. The van der Waals surface area contributed by atoms with E-state index in [0.29, 0.717) is 23.0 Å². The van der Waals surface area contributed by atoms with Gasteiger partial charge >= 0.3 is 0 Å². The lowest BCUT2D eigenvalue weighted by Crippen LogP contribution is -2.30. The summed E-state index contributed by atoms with van der Waals surface area (Å²) in [6.45, 7) is 0.242. The molecular formula is C22H20N2O5S. The molecule has 2 heterocycles. The van der Waals surface area contributed by atoms with E-state index in [0.717, 1.165) is 5.56 Å². The summed E-state index contributed by atoms with van der Waals surface area (Å²) in [5.74, 6) is 1.56. The predicted octanol–water partition coefficient (Wildman–Crippen LogP) is 4.33. The Hall–Kier alpha value is -3.36. The Morgan fingerprint density at radius 3 is 2.37 bits per heavy atom. The molecule has 0 saturated heterocycles. The van der Waals surface area contributed by atoms with E-state index in [4.69, 9.17) is 13.7 Å². The minimum absolute atomic E-state index is 0.0491. The third-order valence-corrected chi connectivity index (χ3v) is 6.37. The van der Waals surface area contributed by atoms with E-state index in [1.165, 1.54) is 29.8 Å². The Labute approximate surface area is 174 Å². The van der Waals surface area contributed by atoms with Crippen molar-refractivity contribution in [1.29, 1.82) is 0 Å². The Balaban J connectivity index is 1.65. The summed E-state index contributed by atoms with van der Waals surface area (Å²) in [4.78, 5) is 0.175. The summed E-state index contributed by atoms with van der Waals surface area (Å²) in [6, 6.07) is 20.9. The lowest BCUT2D eigenvalue weighted by molar-refractivity contribution is 0.368. The summed E-state index contributed by atoms with van der Waals surface area (Å²) < 4.78 is 43.9. The quantitative estimate of drug-likeness (QED) is 0.418. The molecule has 0 amide bonds. The van der Waals surface area contributed by atoms with E-state index >= 15 is 0 Å². The molecule has 0 aliphatic carbocycles. The van der Waals surface area contributed by atoms with Crippen LogP contribution in [0.3, 0.4) is 0 Å². The van der Waals surface area contributed by atoms with Gasteiger partial charge in [0, 0.05) is 12.6 Å². The standard InChI is InChI=1S/C22H20N2O5S/c1-27-19-9-11-20(12-10-19)30(25,26)24(15-17-6-3-2-4-7-17)16-18-14-22(29-23-18)21-8-5-13-28-21/h2-14H,15-16H2,1H3. The minimum atomic E-state index is -3.79. The number of furan rings is 1. The first kappa shape index (κ1) is 19.9. The van der Waals surface area contributed by atoms with Gasteiger partial charge in [-0.05, 0) is 42.0 Å². The largest absolute Gasteiger partial charge is 0.497 e. The molecule has 0 fully saturated rings. The molecule has 0 atom stereocenters. The van der Waals surface area contributed by atoms with Crippen molar-refractivity contribution in [2.24, 2.45) is 0 Å². The molecular weight excluding hydrogens is 404 g/mol. The molecule has 4 rings (SSSR count). The van der Waals surface area contributed by atoms with Crippen LogP contribution in [0.1, 0.15) is 11.3 Å². The molecule has 0 unspecified atom stereocenters. The summed E-state index contributed by atoms with van der Waals surface area (Å²) in [5, 5.41) is 4.03.